The fraction of sp³-hybridized carbons (Fsp3) is 0.111. The van der Waals surface area contributed by atoms with E-state index in [4.69, 9.17) is 5.11 Å². The van der Waals surface area contributed by atoms with E-state index in [1.807, 2.05) is 6.07 Å². The van der Waals surface area contributed by atoms with Crippen molar-refractivity contribution in [1.82, 2.24) is 0 Å². The molecular weight excluding hydrogens is 220 g/mol. The number of aliphatic hydroxyl groups is 1. The third kappa shape index (κ3) is 2.36. The lowest BCUT2D eigenvalue weighted by atomic mass is 10.2. The van der Waals surface area contributed by atoms with Crippen LogP contribution in [0.3, 0.4) is 0 Å². The summed E-state index contributed by atoms with van der Waals surface area (Å²) in [6.45, 7) is 0.0107. The van der Waals surface area contributed by atoms with Gasteiger partial charge in [-0.2, -0.15) is 0 Å². The molecule has 3 heteroatoms. The topological polar surface area (TPSA) is 40.5 Å². The summed E-state index contributed by atoms with van der Waals surface area (Å²) in [6.07, 6.45) is 3.36. The molecule has 0 heterocycles. The highest BCUT2D eigenvalue weighted by molar-refractivity contribution is 9.10. The second-order valence-electron chi connectivity index (χ2n) is 2.30. The normalized spacial score (nSPS) is 10.8. The van der Waals surface area contributed by atoms with E-state index in [0.29, 0.717) is 4.47 Å². The molecule has 0 aliphatic heterocycles. The van der Waals surface area contributed by atoms with Crippen molar-refractivity contribution in [3.8, 4) is 5.75 Å². The zero-order valence-electron chi connectivity index (χ0n) is 6.37. The van der Waals surface area contributed by atoms with Gasteiger partial charge in [-0.3, -0.25) is 0 Å². The minimum atomic E-state index is 0.0107. The van der Waals surface area contributed by atoms with Gasteiger partial charge in [-0.15, -0.1) is 0 Å². The number of rotatable bonds is 2. The zero-order valence-corrected chi connectivity index (χ0v) is 7.95. The molecule has 2 nitrogen and oxygen atoms in total. The maximum atomic E-state index is 9.26. The third-order valence-electron chi connectivity index (χ3n) is 1.39. The summed E-state index contributed by atoms with van der Waals surface area (Å²) in [5, 5.41) is 17.7. The van der Waals surface area contributed by atoms with Gasteiger partial charge in [0.2, 0.25) is 0 Å². The van der Waals surface area contributed by atoms with Crippen LogP contribution in [0.25, 0.3) is 6.08 Å². The molecule has 0 radical (unpaired) electrons. The second kappa shape index (κ2) is 4.28. The molecule has 1 aromatic carbocycles. The summed E-state index contributed by atoms with van der Waals surface area (Å²) in [7, 11) is 0. The van der Waals surface area contributed by atoms with Gasteiger partial charge in [0.15, 0.2) is 0 Å². The number of phenolic OH excluding ortho intramolecular Hbond substituents is 1. The van der Waals surface area contributed by atoms with Crippen LogP contribution in [0.1, 0.15) is 5.56 Å². The number of phenols is 1. The number of aromatic hydroxyl groups is 1. The van der Waals surface area contributed by atoms with E-state index in [2.05, 4.69) is 15.9 Å². The van der Waals surface area contributed by atoms with Gasteiger partial charge in [-0.1, -0.05) is 18.2 Å². The molecule has 0 bridgehead atoms. The van der Waals surface area contributed by atoms with Crippen molar-refractivity contribution in [3.05, 3.63) is 34.3 Å². The van der Waals surface area contributed by atoms with Gasteiger partial charge < -0.3 is 10.2 Å². The van der Waals surface area contributed by atoms with E-state index in [9.17, 15) is 5.11 Å². The van der Waals surface area contributed by atoms with Gasteiger partial charge >= 0.3 is 0 Å². The van der Waals surface area contributed by atoms with Crippen LogP contribution in [0.15, 0.2) is 28.7 Å². The Morgan fingerprint density at radius 2 is 2.17 bits per heavy atom. The number of halogens is 1. The summed E-state index contributed by atoms with van der Waals surface area (Å²) < 4.78 is 0.670. The molecule has 0 amide bonds. The molecule has 0 spiro atoms. The minimum Gasteiger partial charge on any atom is -0.507 e. The Labute approximate surface area is 79.3 Å². The molecule has 1 rings (SSSR count). The fourth-order valence-electron chi connectivity index (χ4n) is 0.822. The summed E-state index contributed by atoms with van der Waals surface area (Å²) in [5.74, 6) is 0.204. The van der Waals surface area contributed by atoms with Crippen molar-refractivity contribution in [3.63, 3.8) is 0 Å². The Bertz CT molecular complexity index is 295. The summed E-state index contributed by atoms with van der Waals surface area (Å²) in [4.78, 5) is 0. The van der Waals surface area contributed by atoms with Crippen molar-refractivity contribution >= 4 is 22.0 Å². The Kier molecular flexibility index (Phi) is 3.31. The first-order chi connectivity index (χ1) is 5.74. The van der Waals surface area contributed by atoms with E-state index in [-0.39, 0.29) is 12.4 Å². The van der Waals surface area contributed by atoms with Crippen LogP contribution in [-0.4, -0.2) is 16.8 Å². The monoisotopic (exact) mass is 228 g/mol. The molecule has 0 aliphatic carbocycles. The summed E-state index contributed by atoms with van der Waals surface area (Å²) >= 11 is 3.17. The van der Waals surface area contributed by atoms with E-state index >= 15 is 0 Å². The lowest BCUT2D eigenvalue weighted by Crippen LogP contribution is -1.75. The largest absolute Gasteiger partial charge is 0.507 e. The van der Waals surface area contributed by atoms with Gasteiger partial charge in [0, 0.05) is 0 Å². The number of hydrogen-bond acceptors (Lipinski definition) is 2. The smallest absolute Gasteiger partial charge is 0.130 e. The molecule has 0 unspecified atom stereocenters. The van der Waals surface area contributed by atoms with Gasteiger partial charge in [0.1, 0.15) is 5.75 Å². The van der Waals surface area contributed by atoms with Gasteiger partial charge in [-0.25, -0.2) is 0 Å². The predicted octanol–water partition coefficient (Wildman–Crippen LogP) is 2.16. The quantitative estimate of drug-likeness (QED) is 0.815. The lowest BCUT2D eigenvalue weighted by molar-refractivity contribution is 0.343. The molecule has 0 fully saturated rings. The van der Waals surface area contributed by atoms with E-state index in [1.54, 1.807) is 24.3 Å². The molecule has 2 N–H and O–H groups in total. The van der Waals surface area contributed by atoms with Gasteiger partial charge in [0.25, 0.3) is 0 Å². The SMILES string of the molecule is OC/C=C/c1ccc(Br)c(O)c1. The van der Waals surface area contributed by atoms with Crippen LogP contribution in [0, 0.1) is 0 Å². The Morgan fingerprint density at radius 1 is 1.42 bits per heavy atom. The highest BCUT2D eigenvalue weighted by Gasteiger charge is 1.95. The second-order valence-corrected chi connectivity index (χ2v) is 3.15. The average Bonchev–Trinajstić information content (AvgIpc) is 2.07. The Balaban J connectivity index is 2.89. The molecule has 12 heavy (non-hydrogen) atoms. The molecule has 0 aromatic heterocycles. The maximum Gasteiger partial charge on any atom is 0.130 e. The minimum absolute atomic E-state index is 0.0107. The number of hydrogen-bond donors (Lipinski definition) is 2. The summed E-state index contributed by atoms with van der Waals surface area (Å²) in [6, 6.07) is 5.22. The van der Waals surface area contributed by atoms with Crippen LogP contribution in [0.4, 0.5) is 0 Å². The molecule has 64 valence electrons. The predicted molar refractivity (Wildman–Crippen MR) is 51.9 cm³/mol. The van der Waals surface area contributed by atoms with Crippen molar-refractivity contribution in [2.24, 2.45) is 0 Å². The van der Waals surface area contributed by atoms with Crippen LogP contribution in [0.5, 0.6) is 5.75 Å². The van der Waals surface area contributed by atoms with E-state index in [1.165, 1.54) is 0 Å². The molecular formula is C9H9BrO2. The van der Waals surface area contributed by atoms with E-state index in [0.717, 1.165) is 5.56 Å². The molecule has 0 aliphatic rings. The highest BCUT2D eigenvalue weighted by atomic mass is 79.9. The van der Waals surface area contributed by atoms with Crippen LogP contribution < -0.4 is 0 Å². The van der Waals surface area contributed by atoms with Crippen molar-refractivity contribution in [2.45, 2.75) is 0 Å². The molecule has 0 saturated heterocycles. The third-order valence-corrected chi connectivity index (χ3v) is 2.06. The number of aliphatic hydroxyl groups excluding tert-OH is 1. The first-order valence-corrected chi connectivity index (χ1v) is 4.29. The number of benzene rings is 1. The lowest BCUT2D eigenvalue weighted by Gasteiger charge is -1.97. The van der Waals surface area contributed by atoms with Crippen LogP contribution in [0.2, 0.25) is 0 Å². The van der Waals surface area contributed by atoms with Crippen LogP contribution in [-0.2, 0) is 0 Å². The maximum absolute atomic E-state index is 9.26. The average molecular weight is 229 g/mol. The van der Waals surface area contributed by atoms with Crippen molar-refractivity contribution in [1.29, 1.82) is 0 Å². The van der Waals surface area contributed by atoms with Gasteiger partial charge in [-0.05, 0) is 33.6 Å². The molecule has 0 saturated carbocycles. The standard InChI is InChI=1S/C9H9BrO2/c10-8-4-3-7(2-1-5-11)6-9(8)12/h1-4,6,11-12H,5H2/b2-1+. The van der Waals surface area contributed by atoms with Crippen LogP contribution >= 0.6 is 15.9 Å². The van der Waals surface area contributed by atoms with E-state index < -0.39 is 0 Å². The Hall–Kier alpha value is -0.800. The molecule has 0 atom stereocenters. The Morgan fingerprint density at radius 3 is 2.75 bits per heavy atom. The fourth-order valence-corrected chi connectivity index (χ4v) is 1.07. The summed E-state index contributed by atoms with van der Waals surface area (Å²) in [5.41, 5.74) is 0.866. The van der Waals surface area contributed by atoms with Crippen molar-refractivity contribution in [2.75, 3.05) is 6.61 Å². The molecule has 1 aromatic rings. The highest BCUT2D eigenvalue weighted by Crippen LogP contribution is 2.24. The van der Waals surface area contributed by atoms with Gasteiger partial charge in [0.05, 0.1) is 11.1 Å². The first kappa shape index (κ1) is 9.29. The zero-order chi connectivity index (χ0) is 8.97. The van der Waals surface area contributed by atoms with Crippen molar-refractivity contribution < 1.29 is 10.2 Å². The first-order valence-electron chi connectivity index (χ1n) is 3.50.